The van der Waals surface area contributed by atoms with Gasteiger partial charge in [0.1, 0.15) is 5.75 Å². The third-order valence-corrected chi connectivity index (χ3v) is 5.99. The molecule has 29 heavy (non-hydrogen) atoms. The van der Waals surface area contributed by atoms with E-state index in [-0.39, 0.29) is 18.6 Å². The van der Waals surface area contributed by atoms with Gasteiger partial charge in [-0.05, 0) is 56.9 Å². The van der Waals surface area contributed by atoms with Crippen LogP contribution in [-0.2, 0) is 14.8 Å². The molecule has 0 saturated carbocycles. The van der Waals surface area contributed by atoms with E-state index in [1.165, 1.54) is 17.0 Å². The number of benzene rings is 1. The summed E-state index contributed by atoms with van der Waals surface area (Å²) in [6, 6.07) is 7.00. The fourth-order valence-corrected chi connectivity index (χ4v) is 4.09. The van der Waals surface area contributed by atoms with Gasteiger partial charge in [-0.15, -0.1) is 0 Å². The standard InChI is InChI=1S/C22H38N2O4S/c1-6-8-10-19(7-2)17-23-22(25)11-9-16-24(29(5,26)27)20-12-14-21(15-13-20)28-18(3)4/h12-15,18-19H,6-11,16-17H2,1-5H3,(H,23,25)/t19-/m0/s1. The lowest BCUT2D eigenvalue weighted by Gasteiger charge is -2.23. The van der Waals surface area contributed by atoms with Gasteiger partial charge in [0.15, 0.2) is 0 Å². The first-order valence-electron chi connectivity index (χ1n) is 10.7. The van der Waals surface area contributed by atoms with Crippen molar-refractivity contribution in [3.63, 3.8) is 0 Å². The number of unbranched alkanes of at least 4 members (excludes halogenated alkanes) is 1. The minimum absolute atomic E-state index is 0.0194. The summed E-state index contributed by atoms with van der Waals surface area (Å²) >= 11 is 0. The quantitative estimate of drug-likeness (QED) is 0.480. The summed E-state index contributed by atoms with van der Waals surface area (Å²) in [5, 5.41) is 3.00. The van der Waals surface area contributed by atoms with Gasteiger partial charge in [0.25, 0.3) is 0 Å². The Bertz CT molecular complexity index is 702. The Kier molecular flexibility index (Phi) is 11.1. The molecule has 7 heteroatoms. The number of sulfonamides is 1. The molecule has 0 heterocycles. The van der Waals surface area contributed by atoms with E-state index in [2.05, 4.69) is 19.2 Å². The second kappa shape index (κ2) is 12.7. The predicted molar refractivity (Wildman–Crippen MR) is 120 cm³/mol. The van der Waals surface area contributed by atoms with Crippen LogP contribution in [0.2, 0.25) is 0 Å². The fourth-order valence-electron chi connectivity index (χ4n) is 3.12. The van der Waals surface area contributed by atoms with Gasteiger partial charge in [-0.25, -0.2) is 8.42 Å². The Labute approximate surface area is 177 Å². The van der Waals surface area contributed by atoms with Crippen LogP contribution in [0.3, 0.4) is 0 Å². The van der Waals surface area contributed by atoms with Crippen molar-refractivity contribution in [2.45, 2.75) is 72.3 Å². The van der Waals surface area contributed by atoms with Gasteiger partial charge in [-0.2, -0.15) is 0 Å². The molecule has 0 unspecified atom stereocenters. The number of ether oxygens (including phenoxy) is 1. The molecule has 1 atom stereocenters. The molecule has 1 N–H and O–H groups in total. The predicted octanol–water partition coefficient (Wildman–Crippen LogP) is 4.35. The van der Waals surface area contributed by atoms with Crippen molar-refractivity contribution in [3.05, 3.63) is 24.3 Å². The van der Waals surface area contributed by atoms with Gasteiger partial charge < -0.3 is 10.1 Å². The monoisotopic (exact) mass is 426 g/mol. The lowest BCUT2D eigenvalue weighted by Crippen LogP contribution is -2.33. The summed E-state index contributed by atoms with van der Waals surface area (Å²) in [6.07, 6.45) is 6.55. The first kappa shape index (κ1) is 25.3. The number of nitrogens with one attached hydrogen (secondary N) is 1. The number of amides is 1. The Balaban J connectivity index is 2.57. The highest BCUT2D eigenvalue weighted by atomic mass is 32.2. The molecule has 1 rings (SSSR count). The first-order valence-corrected chi connectivity index (χ1v) is 12.5. The highest BCUT2D eigenvalue weighted by molar-refractivity contribution is 7.92. The van der Waals surface area contributed by atoms with Crippen molar-refractivity contribution in [1.29, 1.82) is 0 Å². The zero-order valence-corrected chi connectivity index (χ0v) is 19.4. The molecule has 0 aromatic heterocycles. The molecule has 0 aliphatic carbocycles. The first-order chi connectivity index (χ1) is 13.7. The van der Waals surface area contributed by atoms with E-state index in [0.29, 0.717) is 36.7 Å². The van der Waals surface area contributed by atoms with Crippen LogP contribution in [0, 0.1) is 5.92 Å². The summed E-state index contributed by atoms with van der Waals surface area (Å²) in [4.78, 5) is 12.2. The van der Waals surface area contributed by atoms with Crippen LogP contribution < -0.4 is 14.4 Å². The maximum atomic E-state index is 12.2. The van der Waals surface area contributed by atoms with Gasteiger partial charge in [0.05, 0.1) is 18.0 Å². The van der Waals surface area contributed by atoms with Crippen molar-refractivity contribution < 1.29 is 17.9 Å². The number of nitrogens with zero attached hydrogens (tertiary/aromatic N) is 1. The summed E-state index contributed by atoms with van der Waals surface area (Å²) in [7, 11) is -3.43. The molecule has 0 bridgehead atoms. The average Bonchev–Trinajstić information content (AvgIpc) is 2.65. The Morgan fingerprint density at radius 3 is 2.31 bits per heavy atom. The van der Waals surface area contributed by atoms with Gasteiger partial charge in [-0.1, -0.05) is 33.1 Å². The summed E-state index contributed by atoms with van der Waals surface area (Å²) in [5.41, 5.74) is 0.578. The Morgan fingerprint density at radius 2 is 1.79 bits per heavy atom. The molecule has 166 valence electrons. The molecule has 6 nitrogen and oxygen atoms in total. The second-order valence-electron chi connectivity index (χ2n) is 7.82. The molecule has 0 aliphatic heterocycles. The van der Waals surface area contributed by atoms with Crippen LogP contribution >= 0.6 is 0 Å². The molecule has 0 radical (unpaired) electrons. The molecule has 0 fully saturated rings. The molecular weight excluding hydrogens is 388 g/mol. The summed E-state index contributed by atoms with van der Waals surface area (Å²) in [5.74, 6) is 1.19. The van der Waals surface area contributed by atoms with E-state index >= 15 is 0 Å². The van der Waals surface area contributed by atoms with E-state index in [1.54, 1.807) is 24.3 Å². The normalized spacial score (nSPS) is 12.6. The third kappa shape index (κ3) is 10.0. The summed E-state index contributed by atoms with van der Waals surface area (Å²) in [6.45, 7) is 9.16. The van der Waals surface area contributed by atoms with Crippen molar-refractivity contribution in [2.24, 2.45) is 5.92 Å². The van der Waals surface area contributed by atoms with E-state index in [9.17, 15) is 13.2 Å². The largest absolute Gasteiger partial charge is 0.491 e. The Hall–Kier alpha value is -1.76. The SMILES string of the molecule is CCCC[C@H](CC)CNC(=O)CCCN(c1ccc(OC(C)C)cc1)S(C)(=O)=O. The van der Waals surface area contributed by atoms with E-state index in [4.69, 9.17) is 4.74 Å². The molecule has 0 spiro atoms. The number of rotatable bonds is 14. The minimum atomic E-state index is -3.43. The van der Waals surface area contributed by atoms with E-state index in [1.807, 2.05) is 13.8 Å². The van der Waals surface area contributed by atoms with Crippen molar-refractivity contribution >= 4 is 21.6 Å². The van der Waals surface area contributed by atoms with Gasteiger partial charge >= 0.3 is 0 Å². The Morgan fingerprint density at radius 1 is 1.14 bits per heavy atom. The van der Waals surface area contributed by atoms with Gasteiger partial charge in [0.2, 0.25) is 15.9 Å². The fraction of sp³-hybridized carbons (Fsp3) is 0.682. The zero-order valence-electron chi connectivity index (χ0n) is 18.6. The van der Waals surface area contributed by atoms with Crippen molar-refractivity contribution in [1.82, 2.24) is 5.32 Å². The minimum Gasteiger partial charge on any atom is -0.491 e. The number of carbonyl (C=O) groups excluding carboxylic acids is 1. The average molecular weight is 427 g/mol. The van der Waals surface area contributed by atoms with Gasteiger partial charge in [0, 0.05) is 19.5 Å². The number of anilines is 1. The lowest BCUT2D eigenvalue weighted by molar-refractivity contribution is -0.121. The molecule has 0 aliphatic rings. The number of carbonyl (C=O) groups is 1. The van der Waals surface area contributed by atoms with Gasteiger partial charge in [-0.3, -0.25) is 9.10 Å². The van der Waals surface area contributed by atoms with Crippen LogP contribution in [0.5, 0.6) is 5.75 Å². The number of hydrogen-bond donors (Lipinski definition) is 1. The van der Waals surface area contributed by atoms with Crippen molar-refractivity contribution in [2.75, 3.05) is 23.7 Å². The highest BCUT2D eigenvalue weighted by Crippen LogP contribution is 2.22. The topological polar surface area (TPSA) is 75.7 Å². The maximum absolute atomic E-state index is 12.2. The van der Waals surface area contributed by atoms with E-state index in [0.717, 1.165) is 19.3 Å². The van der Waals surface area contributed by atoms with Crippen LogP contribution in [-0.4, -0.2) is 39.8 Å². The number of hydrogen-bond acceptors (Lipinski definition) is 4. The van der Waals surface area contributed by atoms with Crippen LogP contribution in [0.4, 0.5) is 5.69 Å². The zero-order chi connectivity index (χ0) is 21.9. The molecule has 1 amide bonds. The molecular formula is C22H38N2O4S. The van der Waals surface area contributed by atoms with Crippen LogP contribution in [0.25, 0.3) is 0 Å². The second-order valence-corrected chi connectivity index (χ2v) is 9.73. The summed E-state index contributed by atoms with van der Waals surface area (Å²) < 4.78 is 31.4. The van der Waals surface area contributed by atoms with E-state index < -0.39 is 10.0 Å². The molecule has 1 aromatic rings. The highest BCUT2D eigenvalue weighted by Gasteiger charge is 2.18. The molecule has 1 aromatic carbocycles. The molecule has 0 saturated heterocycles. The van der Waals surface area contributed by atoms with Crippen LogP contribution in [0.15, 0.2) is 24.3 Å². The third-order valence-electron chi connectivity index (χ3n) is 4.79. The lowest BCUT2D eigenvalue weighted by atomic mass is 9.99. The smallest absolute Gasteiger partial charge is 0.232 e. The van der Waals surface area contributed by atoms with Crippen LogP contribution in [0.1, 0.15) is 66.2 Å². The maximum Gasteiger partial charge on any atom is 0.232 e. The van der Waals surface area contributed by atoms with Crippen molar-refractivity contribution in [3.8, 4) is 5.75 Å².